The summed E-state index contributed by atoms with van der Waals surface area (Å²) in [5.74, 6) is 0.170. The fraction of sp³-hybridized carbons (Fsp3) is 0.667. The lowest BCUT2D eigenvalue weighted by Crippen LogP contribution is -2.52. The van der Waals surface area contributed by atoms with Crippen molar-refractivity contribution in [3.05, 3.63) is 28.8 Å². The van der Waals surface area contributed by atoms with E-state index in [1.165, 1.54) is 0 Å². The van der Waals surface area contributed by atoms with Gasteiger partial charge in [0.1, 0.15) is 5.75 Å². The van der Waals surface area contributed by atoms with Gasteiger partial charge in [0.2, 0.25) is 0 Å². The molecule has 36 heavy (non-hydrogen) atoms. The number of alkyl halides is 3. The summed E-state index contributed by atoms with van der Waals surface area (Å²) >= 11 is 5.98. The first-order valence-corrected chi connectivity index (χ1v) is 12.7. The van der Waals surface area contributed by atoms with E-state index in [2.05, 4.69) is 10.1 Å². The summed E-state index contributed by atoms with van der Waals surface area (Å²) in [6.45, 7) is 1.06. The molecule has 2 saturated carbocycles. The molecule has 3 fully saturated rings. The van der Waals surface area contributed by atoms with Gasteiger partial charge in [0, 0.05) is 48.2 Å². The summed E-state index contributed by atoms with van der Waals surface area (Å²) in [5, 5.41) is 13.9. The number of fused-ring (bicyclic) bond motifs is 1. The monoisotopic (exact) mass is 531 g/mol. The summed E-state index contributed by atoms with van der Waals surface area (Å²) in [4.78, 5) is 29.2. The maximum atomic E-state index is 12.9. The third-order valence-corrected chi connectivity index (χ3v) is 7.93. The Morgan fingerprint density at radius 3 is 2.42 bits per heavy atom. The van der Waals surface area contributed by atoms with Crippen LogP contribution in [-0.4, -0.2) is 76.6 Å². The van der Waals surface area contributed by atoms with Crippen molar-refractivity contribution >= 4 is 23.5 Å². The number of aliphatic hydroxyl groups excluding tert-OH is 1. The predicted molar refractivity (Wildman–Crippen MR) is 122 cm³/mol. The van der Waals surface area contributed by atoms with Gasteiger partial charge in [0.15, 0.2) is 6.10 Å². The first kappa shape index (κ1) is 25.4. The van der Waals surface area contributed by atoms with Crippen molar-refractivity contribution in [2.45, 2.75) is 87.7 Å². The van der Waals surface area contributed by atoms with Crippen LogP contribution < -0.4 is 10.1 Å². The minimum absolute atomic E-state index is 0.0438. The number of carbonyl (C=O) groups is 2. The van der Waals surface area contributed by atoms with Crippen molar-refractivity contribution in [1.82, 2.24) is 15.1 Å². The molecule has 12 heteroatoms. The van der Waals surface area contributed by atoms with Gasteiger partial charge < -0.3 is 25.0 Å². The molecule has 2 atom stereocenters. The highest BCUT2D eigenvalue weighted by molar-refractivity contribution is 6.30. The molecule has 0 unspecified atom stereocenters. The molecule has 5 rings (SSSR count). The van der Waals surface area contributed by atoms with Crippen LogP contribution in [0.1, 0.15) is 56.6 Å². The van der Waals surface area contributed by atoms with Gasteiger partial charge in [-0.1, -0.05) is 11.6 Å². The number of urea groups is 1. The fourth-order valence-electron chi connectivity index (χ4n) is 5.73. The van der Waals surface area contributed by atoms with Crippen LogP contribution in [0.3, 0.4) is 0 Å². The second-order valence-electron chi connectivity index (χ2n) is 10.0. The number of nitrogens with one attached hydrogen (secondary N) is 1. The number of amides is 3. The molecule has 2 aliphatic heterocycles. The van der Waals surface area contributed by atoms with E-state index >= 15 is 0 Å². The molecule has 8 nitrogen and oxygen atoms in total. The van der Waals surface area contributed by atoms with E-state index in [1.807, 2.05) is 4.90 Å². The van der Waals surface area contributed by atoms with Crippen molar-refractivity contribution in [3.8, 4) is 5.75 Å². The van der Waals surface area contributed by atoms with E-state index in [0.29, 0.717) is 42.3 Å². The largest absolute Gasteiger partial charge is 0.522 e. The van der Waals surface area contributed by atoms with Crippen LogP contribution in [0.15, 0.2) is 18.2 Å². The number of ether oxygens (including phenoxy) is 2. The maximum absolute atomic E-state index is 12.9. The first-order chi connectivity index (χ1) is 17.1. The molecule has 1 aromatic carbocycles. The number of rotatable bonds is 5. The molecule has 1 saturated heterocycles. The van der Waals surface area contributed by atoms with Crippen molar-refractivity contribution < 1.29 is 37.3 Å². The molecule has 0 radical (unpaired) electrons. The highest BCUT2D eigenvalue weighted by Crippen LogP contribution is 2.38. The van der Waals surface area contributed by atoms with Gasteiger partial charge in [0.05, 0.1) is 12.2 Å². The zero-order valence-corrected chi connectivity index (χ0v) is 20.3. The zero-order valence-electron chi connectivity index (χ0n) is 19.5. The van der Waals surface area contributed by atoms with Crippen LogP contribution in [0.5, 0.6) is 5.75 Å². The minimum Gasteiger partial charge on any atom is -0.480 e. The summed E-state index contributed by atoms with van der Waals surface area (Å²) in [7, 11) is 0. The van der Waals surface area contributed by atoms with E-state index in [1.54, 1.807) is 23.1 Å². The topological polar surface area (TPSA) is 91.3 Å². The van der Waals surface area contributed by atoms with Crippen molar-refractivity contribution in [2.24, 2.45) is 0 Å². The smallest absolute Gasteiger partial charge is 0.480 e. The lowest BCUT2D eigenvalue weighted by molar-refractivity contribution is -0.353. The fourth-order valence-corrected chi connectivity index (χ4v) is 5.91. The summed E-state index contributed by atoms with van der Waals surface area (Å²) < 4.78 is 46.9. The second-order valence-corrected chi connectivity index (χ2v) is 10.5. The molecule has 2 N–H and O–H groups in total. The van der Waals surface area contributed by atoms with Crippen LogP contribution in [0.4, 0.5) is 18.0 Å². The van der Waals surface area contributed by atoms with Gasteiger partial charge in [-0.25, -0.2) is 4.79 Å². The Kier molecular flexibility index (Phi) is 6.99. The van der Waals surface area contributed by atoms with E-state index in [0.717, 1.165) is 12.8 Å². The first-order valence-electron chi connectivity index (χ1n) is 12.3. The predicted octanol–water partition coefficient (Wildman–Crippen LogP) is 3.76. The molecule has 1 aromatic rings. The Balaban J connectivity index is 1.07. The van der Waals surface area contributed by atoms with Gasteiger partial charge >= 0.3 is 12.4 Å². The lowest BCUT2D eigenvalue weighted by Gasteiger charge is -2.41. The number of hydrogen-bond donors (Lipinski definition) is 2. The zero-order chi connectivity index (χ0) is 25.6. The number of aliphatic hydroxyl groups is 1. The Morgan fingerprint density at radius 1 is 1.08 bits per heavy atom. The van der Waals surface area contributed by atoms with Crippen LogP contribution in [-0.2, 0) is 9.53 Å². The molecule has 3 amide bonds. The highest BCUT2D eigenvalue weighted by Gasteiger charge is 2.46. The molecule has 2 aliphatic carbocycles. The Labute approximate surface area is 211 Å². The van der Waals surface area contributed by atoms with Gasteiger partial charge in [0.25, 0.3) is 5.91 Å². The van der Waals surface area contributed by atoms with Crippen molar-refractivity contribution in [1.29, 1.82) is 0 Å². The normalized spacial score (nSPS) is 32.5. The van der Waals surface area contributed by atoms with Crippen LogP contribution in [0, 0.1) is 0 Å². The van der Waals surface area contributed by atoms with E-state index < -0.39 is 24.7 Å². The average molecular weight is 532 g/mol. The standard InChI is InChI=1S/C24H29ClF3N3O5/c25-13-1-6-20-18(9-13)19(32)12-21(35-20)22(33)29-14-2-4-15(5-3-14)30-7-8-31(23(30)34)16-10-17(11-16)36-24(26,27)28/h1,6,9,14-17,19,21,32H,2-5,7-8,10-12H2,(H,29,33)/t14?,15?,16?,17?,19-,21-/m1/s1. The van der Waals surface area contributed by atoms with E-state index in [4.69, 9.17) is 16.3 Å². The van der Waals surface area contributed by atoms with Crippen LogP contribution in [0.2, 0.25) is 5.02 Å². The molecule has 0 bridgehead atoms. The molecule has 198 valence electrons. The van der Waals surface area contributed by atoms with Crippen molar-refractivity contribution in [2.75, 3.05) is 13.1 Å². The highest BCUT2D eigenvalue weighted by atomic mass is 35.5. The molecular formula is C24H29ClF3N3O5. The second kappa shape index (κ2) is 9.90. The quantitative estimate of drug-likeness (QED) is 0.604. The average Bonchev–Trinajstić information content (AvgIpc) is 3.17. The number of nitrogens with zero attached hydrogens (tertiary/aromatic N) is 2. The van der Waals surface area contributed by atoms with Crippen LogP contribution >= 0.6 is 11.6 Å². The number of hydrogen-bond acceptors (Lipinski definition) is 5. The van der Waals surface area contributed by atoms with Gasteiger partial charge in [-0.3, -0.25) is 9.53 Å². The van der Waals surface area contributed by atoms with Crippen LogP contribution in [0.25, 0.3) is 0 Å². The third-order valence-electron chi connectivity index (χ3n) is 7.70. The summed E-state index contributed by atoms with van der Waals surface area (Å²) in [6.07, 6.45) is -3.76. The lowest BCUT2D eigenvalue weighted by atomic mass is 9.88. The van der Waals surface area contributed by atoms with E-state index in [9.17, 15) is 27.9 Å². The molecule has 0 aromatic heterocycles. The molecule has 4 aliphatic rings. The third kappa shape index (κ3) is 5.38. The summed E-state index contributed by atoms with van der Waals surface area (Å²) in [6, 6.07) is 4.59. The minimum atomic E-state index is -4.65. The van der Waals surface area contributed by atoms with Gasteiger partial charge in [-0.05, 0) is 56.7 Å². The molecule has 2 heterocycles. The molecular weight excluding hydrogens is 503 g/mol. The maximum Gasteiger partial charge on any atom is 0.522 e. The Hall–Kier alpha value is -2.24. The SMILES string of the molecule is O=C(NC1CCC(N2CCN(C3CC(OC(F)(F)F)C3)C2=O)CC1)[C@H]1C[C@@H](O)c2cc(Cl)ccc2O1. The Morgan fingerprint density at radius 2 is 1.75 bits per heavy atom. The Bertz CT molecular complexity index is 998. The van der Waals surface area contributed by atoms with Gasteiger partial charge in [-0.2, -0.15) is 0 Å². The number of benzene rings is 1. The number of carbonyl (C=O) groups excluding carboxylic acids is 2. The summed E-state index contributed by atoms with van der Waals surface area (Å²) in [5.41, 5.74) is 0.571. The van der Waals surface area contributed by atoms with Gasteiger partial charge in [-0.15, -0.1) is 13.2 Å². The molecule has 0 spiro atoms. The van der Waals surface area contributed by atoms with E-state index in [-0.39, 0.29) is 49.3 Å². The number of halogens is 4. The van der Waals surface area contributed by atoms with Crippen molar-refractivity contribution in [3.63, 3.8) is 0 Å².